The molecule has 122 valence electrons. The molecule has 2 aromatic rings. The van der Waals surface area contributed by atoms with Gasteiger partial charge in [-0.3, -0.25) is 0 Å². The highest BCUT2D eigenvalue weighted by molar-refractivity contribution is 14.1. The second kappa shape index (κ2) is 8.64. The predicted octanol–water partition coefficient (Wildman–Crippen LogP) is 3.80. The molecule has 9 heteroatoms. The number of hydrogen-bond donors (Lipinski definition) is 1. The third-order valence-corrected chi connectivity index (χ3v) is 3.90. The molecule has 0 amide bonds. The molecule has 0 aliphatic carbocycles. The van der Waals surface area contributed by atoms with Crippen LogP contribution in [0.5, 0.6) is 11.5 Å². The number of aromatic hydroxyl groups is 1. The Morgan fingerprint density at radius 1 is 1.48 bits per heavy atom. The minimum atomic E-state index is -1.12. The van der Waals surface area contributed by atoms with E-state index < -0.39 is 5.97 Å². The number of phenolic OH excluding ortho intramolecular Hbond substituents is 1. The standard InChI is InChI=1S/C13H9FN2O4S.CH3I/c1-6-11(13(18)20-14)21-12(16-6)7-3-8(5-15)10(17)9(4-7)19-2;1-2/h3-4,17H,1-2H3;1H3. The molecule has 0 bridgehead atoms. The molecule has 0 fully saturated rings. The van der Waals surface area contributed by atoms with Crippen molar-refractivity contribution in [2.45, 2.75) is 6.92 Å². The van der Waals surface area contributed by atoms with Gasteiger partial charge in [-0.2, -0.15) is 5.26 Å². The van der Waals surface area contributed by atoms with Crippen molar-refractivity contribution in [3.63, 3.8) is 0 Å². The van der Waals surface area contributed by atoms with E-state index in [-0.39, 0.29) is 21.9 Å². The van der Waals surface area contributed by atoms with Crippen molar-refractivity contribution >= 4 is 39.9 Å². The molecule has 1 heterocycles. The van der Waals surface area contributed by atoms with Gasteiger partial charge in [-0.1, -0.05) is 22.6 Å². The molecular formula is C14H12FIN2O4S. The zero-order valence-electron chi connectivity index (χ0n) is 12.4. The maximum Gasteiger partial charge on any atom is 0.391 e. The number of rotatable bonds is 3. The second-order valence-corrected chi connectivity index (χ2v) is 4.98. The number of hydrogen-bond acceptors (Lipinski definition) is 7. The molecule has 0 aliphatic rings. The average molecular weight is 450 g/mol. The number of aromatic nitrogens is 1. The smallest absolute Gasteiger partial charge is 0.391 e. The molecule has 0 atom stereocenters. The van der Waals surface area contributed by atoms with Gasteiger partial charge in [-0.15, -0.1) is 11.3 Å². The minimum absolute atomic E-state index is 0.00632. The second-order valence-electron chi connectivity index (χ2n) is 3.98. The number of ether oxygens (including phenoxy) is 1. The maximum atomic E-state index is 12.0. The molecular weight excluding hydrogens is 438 g/mol. The van der Waals surface area contributed by atoms with Gasteiger partial charge in [0.1, 0.15) is 16.0 Å². The summed E-state index contributed by atoms with van der Waals surface area (Å²) in [7, 11) is 1.35. The Morgan fingerprint density at radius 2 is 2.13 bits per heavy atom. The van der Waals surface area contributed by atoms with Crippen molar-refractivity contribution in [2.75, 3.05) is 12.0 Å². The number of alkyl halides is 1. The van der Waals surface area contributed by atoms with E-state index >= 15 is 0 Å². The van der Waals surface area contributed by atoms with Crippen LogP contribution in [-0.4, -0.2) is 28.1 Å². The van der Waals surface area contributed by atoms with E-state index in [1.807, 2.05) is 11.0 Å². The highest BCUT2D eigenvalue weighted by Gasteiger charge is 2.20. The molecule has 23 heavy (non-hydrogen) atoms. The van der Waals surface area contributed by atoms with E-state index in [9.17, 15) is 14.4 Å². The van der Waals surface area contributed by atoms with Gasteiger partial charge in [0.15, 0.2) is 11.5 Å². The predicted molar refractivity (Wildman–Crippen MR) is 91.7 cm³/mol. The Hall–Kier alpha value is -1.93. The molecule has 1 aromatic heterocycles. The first-order valence-corrected chi connectivity index (χ1v) is 8.98. The van der Waals surface area contributed by atoms with Gasteiger partial charge in [0, 0.05) is 10.1 Å². The third kappa shape index (κ3) is 4.08. The highest BCUT2D eigenvalue weighted by Crippen LogP contribution is 2.37. The summed E-state index contributed by atoms with van der Waals surface area (Å²) >= 11 is 3.07. The van der Waals surface area contributed by atoms with Crippen molar-refractivity contribution in [3.8, 4) is 28.1 Å². The van der Waals surface area contributed by atoms with Gasteiger partial charge in [0.05, 0.1) is 18.4 Å². The van der Waals surface area contributed by atoms with E-state index in [0.717, 1.165) is 11.3 Å². The lowest BCUT2D eigenvalue weighted by atomic mass is 10.1. The largest absolute Gasteiger partial charge is 0.503 e. The van der Waals surface area contributed by atoms with E-state index in [1.165, 1.54) is 26.2 Å². The number of benzene rings is 1. The summed E-state index contributed by atoms with van der Waals surface area (Å²) in [5.74, 6) is -1.30. The first-order valence-electron chi connectivity index (χ1n) is 6.01. The Kier molecular flexibility index (Phi) is 7.18. The summed E-state index contributed by atoms with van der Waals surface area (Å²) < 4.78 is 17.0. The van der Waals surface area contributed by atoms with E-state index in [1.54, 1.807) is 0 Å². The molecule has 0 aliphatic heterocycles. The van der Waals surface area contributed by atoms with Crippen LogP contribution in [0.25, 0.3) is 10.6 Å². The number of methoxy groups -OCH3 is 1. The summed E-state index contributed by atoms with van der Waals surface area (Å²) in [6, 6.07) is 4.71. The molecule has 6 nitrogen and oxygen atoms in total. The van der Waals surface area contributed by atoms with Crippen LogP contribution in [0.2, 0.25) is 0 Å². The summed E-state index contributed by atoms with van der Waals surface area (Å²) in [4.78, 5) is 20.6. The number of carbonyl (C=O) groups is 1. The molecule has 1 aromatic carbocycles. The highest BCUT2D eigenvalue weighted by atomic mass is 127. The van der Waals surface area contributed by atoms with Gasteiger partial charge in [-0.05, 0) is 24.0 Å². The van der Waals surface area contributed by atoms with Gasteiger partial charge in [0.2, 0.25) is 0 Å². The van der Waals surface area contributed by atoms with E-state index in [2.05, 4.69) is 32.5 Å². The van der Waals surface area contributed by atoms with Crippen molar-refractivity contribution < 1.29 is 24.1 Å². The van der Waals surface area contributed by atoms with Gasteiger partial charge < -0.3 is 9.84 Å². The van der Waals surface area contributed by atoms with Crippen LogP contribution >= 0.6 is 33.9 Å². The number of thiazole rings is 1. The molecule has 0 radical (unpaired) electrons. The van der Waals surface area contributed by atoms with Crippen molar-refractivity contribution in [1.29, 1.82) is 5.26 Å². The van der Waals surface area contributed by atoms with E-state index in [0.29, 0.717) is 16.3 Å². The Morgan fingerprint density at radius 3 is 2.65 bits per heavy atom. The van der Waals surface area contributed by atoms with Crippen molar-refractivity contribution in [1.82, 2.24) is 4.98 Å². The number of nitriles is 1. The first kappa shape index (κ1) is 19.1. The number of nitrogens with zero attached hydrogens (tertiary/aromatic N) is 2. The quantitative estimate of drug-likeness (QED) is 0.565. The topological polar surface area (TPSA) is 92.4 Å². The Bertz CT molecular complexity index is 758. The van der Waals surface area contributed by atoms with E-state index in [4.69, 9.17) is 10.00 Å². The lowest BCUT2D eigenvalue weighted by Gasteiger charge is -2.06. The maximum absolute atomic E-state index is 12.0. The fourth-order valence-electron chi connectivity index (χ4n) is 1.72. The monoisotopic (exact) mass is 450 g/mol. The summed E-state index contributed by atoms with van der Waals surface area (Å²) in [6.07, 6.45) is 0. The lowest BCUT2D eigenvalue weighted by molar-refractivity contribution is -0.0784. The number of carbonyl (C=O) groups excluding carboxylic acids is 1. The van der Waals surface area contributed by atoms with Crippen LogP contribution in [0, 0.1) is 18.3 Å². The summed E-state index contributed by atoms with van der Waals surface area (Å²) in [6.45, 7) is 1.54. The fraction of sp³-hybridized carbons (Fsp3) is 0.214. The lowest BCUT2D eigenvalue weighted by Crippen LogP contribution is -1.97. The van der Waals surface area contributed by atoms with Crippen LogP contribution in [-0.2, 0) is 4.94 Å². The Labute approximate surface area is 149 Å². The van der Waals surface area contributed by atoms with Crippen LogP contribution in [0.3, 0.4) is 0 Å². The molecule has 0 saturated heterocycles. The first-order chi connectivity index (χ1) is 11.0. The van der Waals surface area contributed by atoms with Gasteiger partial charge in [0.25, 0.3) is 0 Å². The number of phenols is 1. The molecule has 0 unspecified atom stereocenters. The average Bonchev–Trinajstić information content (AvgIpc) is 2.98. The molecule has 0 saturated carbocycles. The molecule has 1 N–H and O–H groups in total. The Balaban J connectivity index is 0.00000127. The third-order valence-electron chi connectivity index (χ3n) is 2.71. The summed E-state index contributed by atoms with van der Waals surface area (Å²) in [5.41, 5.74) is 0.780. The number of halogens is 2. The molecule has 0 spiro atoms. The van der Waals surface area contributed by atoms with Crippen LogP contribution in [0.15, 0.2) is 12.1 Å². The van der Waals surface area contributed by atoms with Crippen molar-refractivity contribution in [2.24, 2.45) is 0 Å². The zero-order chi connectivity index (χ0) is 17.6. The van der Waals surface area contributed by atoms with Gasteiger partial charge >= 0.3 is 5.97 Å². The summed E-state index contributed by atoms with van der Waals surface area (Å²) in [5, 5.41) is 19.1. The van der Waals surface area contributed by atoms with Crippen LogP contribution < -0.4 is 4.74 Å². The normalized spacial score (nSPS) is 9.39. The van der Waals surface area contributed by atoms with Crippen LogP contribution in [0.1, 0.15) is 20.9 Å². The zero-order valence-corrected chi connectivity index (χ0v) is 15.4. The fourth-order valence-corrected chi connectivity index (χ4v) is 2.64. The minimum Gasteiger partial charge on any atom is -0.503 e. The number of aryl methyl sites for hydroxylation is 1. The SMILES string of the molecule is CI.COc1cc(-c2nc(C)c(C(=O)OF)s2)cc(C#N)c1O. The molecule has 2 rings (SSSR count). The van der Waals surface area contributed by atoms with Crippen LogP contribution in [0.4, 0.5) is 4.53 Å². The van der Waals surface area contributed by atoms with Gasteiger partial charge in [-0.25, -0.2) is 14.7 Å². The van der Waals surface area contributed by atoms with Crippen molar-refractivity contribution in [3.05, 3.63) is 28.3 Å².